The molecule has 0 N–H and O–H groups in total. The average molecular weight is 470 g/mol. The summed E-state index contributed by atoms with van der Waals surface area (Å²) < 4.78 is 3.41. The number of amides is 1. The van der Waals surface area contributed by atoms with Crippen LogP contribution in [0.1, 0.15) is 13.8 Å². The Labute approximate surface area is 200 Å². The van der Waals surface area contributed by atoms with Gasteiger partial charge < -0.3 is 4.90 Å². The zero-order valence-electron chi connectivity index (χ0n) is 18.8. The van der Waals surface area contributed by atoms with Gasteiger partial charge in [-0.15, -0.1) is 10.2 Å². The molecule has 0 fully saturated rings. The monoisotopic (exact) mass is 469 g/mol. The maximum Gasteiger partial charge on any atom is 0.267 e. The van der Waals surface area contributed by atoms with Gasteiger partial charge in [-0.05, 0) is 50.2 Å². The van der Waals surface area contributed by atoms with Gasteiger partial charge in [-0.25, -0.2) is 4.57 Å². The van der Waals surface area contributed by atoms with Crippen LogP contribution in [0.4, 0.5) is 5.69 Å². The number of thioether (sulfide) groups is 1. The molecule has 34 heavy (non-hydrogen) atoms. The minimum Gasteiger partial charge on any atom is -0.309 e. The summed E-state index contributed by atoms with van der Waals surface area (Å²) in [5.41, 5.74) is 2.11. The molecule has 2 aromatic heterocycles. The summed E-state index contributed by atoms with van der Waals surface area (Å²) in [7, 11) is 0. The number of para-hydroxylation sites is 3. The third-order valence-corrected chi connectivity index (χ3v) is 6.47. The lowest BCUT2D eigenvalue weighted by Crippen LogP contribution is -2.38. The Morgan fingerprint density at radius 3 is 2.26 bits per heavy atom. The summed E-state index contributed by atoms with van der Waals surface area (Å²) in [5, 5.41) is 9.83. The fourth-order valence-electron chi connectivity index (χ4n) is 4.10. The Hall–Kier alpha value is -3.91. The van der Waals surface area contributed by atoms with Gasteiger partial charge in [-0.3, -0.25) is 14.0 Å². The Morgan fingerprint density at radius 1 is 0.912 bits per heavy atom. The van der Waals surface area contributed by atoms with Crippen molar-refractivity contribution in [2.45, 2.75) is 25.0 Å². The average Bonchev–Trinajstić information content (AvgIpc) is 3.28. The number of benzene rings is 3. The summed E-state index contributed by atoms with van der Waals surface area (Å²) in [6.07, 6.45) is 0. The summed E-state index contributed by atoms with van der Waals surface area (Å²) >= 11 is 1.31. The van der Waals surface area contributed by atoms with E-state index in [9.17, 15) is 9.59 Å². The summed E-state index contributed by atoms with van der Waals surface area (Å²) in [5.74, 6) is 0.574. The van der Waals surface area contributed by atoms with E-state index >= 15 is 0 Å². The molecule has 0 aliphatic rings. The Bertz CT molecular complexity index is 1530. The van der Waals surface area contributed by atoms with Crippen molar-refractivity contribution in [3.63, 3.8) is 0 Å². The molecule has 0 saturated heterocycles. The van der Waals surface area contributed by atoms with Crippen LogP contribution in [0, 0.1) is 0 Å². The van der Waals surface area contributed by atoms with E-state index in [4.69, 9.17) is 0 Å². The maximum atomic E-state index is 13.4. The molecule has 0 unspecified atom stereocenters. The van der Waals surface area contributed by atoms with Gasteiger partial charge in [0.15, 0.2) is 5.16 Å². The van der Waals surface area contributed by atoms with Gasteiger partial charge in [-0.2, -0.15) is 0 Å². The molecule has 0 saturated carbocycles. The zero-order chi connectivity index (χ0) is 23.7. The number of anilines is 1. The van der Waals surface area contributed by atoms with Crippen LogP contribution in [-0.2, 0) is 4.79 Å². The van der Waals surface area contributed by atoms with E-state index in [1.54, 1.807) is 15.5 Å². The van der Waals surface area contributed by atoms with Crippen LogP contribution < -0.4 is 10.5 Å². The van der Waals surface area contributed by atoms with Crippen molar-refractivity contribution in [2.24, 2.45) is 0 Å². The predicted molar refractivity (Wildman–Crippen MR) is 136 cm³/mol. The first kappa shape index (κ1) is 21.9. The Balaban J connectivity index is 1.57. The molecule has 170 valence electrons. The Kier molecular flexibility index (Phi) is 5.90. The largest absolute Gasteiger partial charge is 0.309 e. The molecule has 5 aromatic rings. The number of fused-ring (bicyclic) bond motifs is 3. The van der Waals surface area contributed by atoms with Crippen molar-refractivity contribution < 1.29 is 4.79 Å². The summed E-state index contributed by atoms with van der Waals surface area (Å²) in [4.78, 5) is 28.4. The fraction of sp³-hybridized carbons (Fsp3) is 0.154. The number of hydrogen-bond donors (Lipinski definition) is 0. The second kappa shape index (κ2) is 9.15. The second-order valence-electron chi connectivity index (χ2n) is 8.09. The third kappa shape index (κ3) is 3.86. The van der Waals surface area contributed by atoms with Crippen LogP contribution in [0.25, 0.3) is 22.4 Å². The molecular formula is C26H23N5O2S. The molecule has 0 radical (unpaired) electrons. The molecule has 2 heterocycles. The highest BCUT2D eigenvalue weighted by Crippen LogP contribution is 2.25. The van der Waals surface area contributed by atoms with Gasteiger partial charge >= 0.3 is 0 Å². The molecular weight excluding hydrogens is 446 g/mol. The number of carbonyl (C=O) groups is 1. The van der Waals surface area contributed by atoms with E-state index in [-0.39, 0.29) is 23.3 Å². The Morgan fingerprint density at radius 2 is 1.56 bits per heavy atom. The highest BCUT2D eigenvalue weighted by atomic mass is 32.2. The number of carbonyl (C=O) groups excluding carboxylic acids is 1. The first-order valence-electron chi connectivity index (χ1n) is 11.0. The van der Waals surface area contributed by atoms with Gasteiger partial charge in [0.1, 0.15) is 0 Å². The second-order valence-corrected chi connectivity index (χ2v) is 9.04. The van der Waals surface area contributed by atoms with Crippen LogP contribution >= 0.6 is 11.8 Å². The molecule has 3 aromatic carbocycles. The first-order chi connectivity index (χ1) is 16.6. The van der Waals surface area contributed by atoms with Crippen molar-refractivity contribution in [3.8, 4) is 5.69 Å². The topological polar surface area (TPSA) is 72.5 Å². The van der Waals surface area contributed by atoms with Crippen LogP contribution in [0.2, 0.25) is 0 Å². The standard InChI is InChI=1S/C26H23N5O2S/c1-18(2)29(19-11-5-3-6-12-19)23(32)17-34-26-28-27-25-30(20-13-7-4-8-14-20)24(33)21-15-9-10-16-22(21)31(25)26/h3-16,18H,17H2,1-2H3. The molecule has 0 spiro atoms. The van der Waals surface area contributed by atoms with Crippen LogP contribution in [-0.4, -0.2) is 36.9 Å². The molecule has 5 rings (SSSR count). The van der Waals surface area contributed by atoms with Crippen LogP contribution in [0.3, 0.4) is 0 Å². The van der Waals surface area contributed by atoms with E-state index < -0.39 is 0 Å². The van der Waals surface area contributed by atoms with E-state index in [2.05, 4.69) is 10.2 Å². The summed E-state index contributed by atoms with van der Waals surface area (Å²) in [6.45, 7) is 3.99. The van der Waals surface area contributed by atoms with Gasteiger partial charge in [0.05, 0.1) is 22.3 Å². The quantitative estimate of drug-likeness (QED) is 0.341. The molecule has 1 amide bonds. The maximum absolute atomic E-state index is 13.4. The lowest BCUT2D eigenvalue weighted by molar-refractivity contribution is -0.116. The lowest BCUT2D eigenvalue weighted by atomic mass is 10.2. The van der Waals surface area contributed by atoms with Gasteiger partial charge in [-0.1, -0.05) is 60.3 Å². The number of nitrogens with zero attached hydrogens (tertiary/aromatic N) is 5. The minimum absolute atomic E-state index is 0.00901. The van der Waals surface area contributed by atoms with Crippen molar-refractivity contribution in [3.05, 3.63) is 95.3 Å². The van der Waals surface area contributed by atoms with E-state index in [0.717, 1.165) is 5.69 Å². The number of hydrogen-bond acceptors (Lipinski definition) is 5. The van der Waals surface area contributed by atoms with Gasteiger partial charge in [0.25, 0.3) is 5.56 Å². The van der Waals surface area contributed by atoms with Crippen molar-refractivity contribution in [1.29, 1.82) is 0 Å². The predicted octanol–water partition coefficient (Wildman–Crippen LogP) is 4.57. The van der Waals surface area contributed by atoms with Crippen LogP contribution in [0.5, 0.6) is 0 Å². The highest BCUT2D eigenvalue weighted by molar-refractivity contribution is 7.99. The molecule has 0 atom stereocenters. The molecule has 8 heteroatoms. The highest BCUT2D eigenvalue weighted by Gasteiger charge is 2.22. The normalized spacial score (nSPS) is 11.4. The van der Waals surface area contributed by atoms with E-state index in [1.807, 2.05) is 97.1 Å². The van der Waals surface area contributed by atoms with Gasteiger partial charge in [0.2, 0.25) is 11.7 Å². The minimum atomic E-state index is -0.163. The molecule has 0 aliphatic carbocycles. The van der Waals surface area contributed by atoms with E-state index in [0.29, 0.717) is 27.5 Å². The SMILES string of the molecule is CC(C)N(C(=O)CSc1nnc2n(-c3ccccc3)c(=O)c3ccccc3n12)c1ccccc1. The molecule has 0 aliphatic heterocycles. The van der Waals surface area contributed by atoms with Gasteiger partial charge in [0, 0.05) is 11.7 Å². The van der Waals surface area contributed by atoms with Crippen molar-refractivity contribution >= 4 is 40.0 Å². The summed E-state index contributed by atoms with van der Waals surface area (Å²) in [6, 6.07) is 26.4. The smallest absolute Gasteiger partial charge is 0.267 e. The first-order valence-corrected chi connectivity index (χ1v) is 12.0. The number of rotatable bonds is 6. The van der Waals surface area contributed by atoms with E-state index in [1.165, 1.54) is 11.8 Å². The number of aromatic nitrogens is 4. The fourth-order valence-corrected chi connectivity index (χ4v) is 4.90. The molecule has 7 nitrogen and oxygen atoms in total. The van der Waals surface area contributed by atoms with Crippen molar-refractivity contribution in [1.82, 2.24) is 19.2 Å². The zero-order valence-corrected chi connectivity index (χ0v) is 19.6. The molecule has 0 bridgehead atoms. The van der Waals surface area contributed by atoms with Crippen molar-refractivity contribution in [2.75, 3.05) is 10.7 Å². The van der Waals surface area contributed by atoms with Crippen LogP contribution in [0.15, 0.2) is 94.9 Å². The lowest BCUT2D eigenvalue weighted by Gasteiger charge is -2.26. The third-order valence-electron chi connectivity index (χ3n) is 5.55.